The molecule has 0 amide bonds. The second-order valence-electron chi connectivity index (χ2n) is 2.33. The number of rotatable bonds is 4. The number of nitrogens with two attached hydrogens (primary N) is 1. The highest BCUT2D eigenvalue weighted by molar-refractivity contribution is 5.68. The minimum Gasteiger partial charge on any atom is -0.479 e. The first-order valence-corrected chi connectivity index (χ1v) is 3.65. The van der Waals surface area contributed by atoms with Crippen molar-refractivity contribution in [2.24, 2.45) is 5.84 Å². The predicted octanol–water partition coefficient (Wildman–Crippen LogP) is 0.383. The van der Waals surface area contributed by atoms with E-state index in [9.17, 15) is 4.79 Å². The van der Waals surface area contributed by atoms with Crippen molar-refractivity contribution in [3.63, 3.8) is 0 Å². The Labute approximate surface area is 75.3 Å². The second-order valence-corrected chi connectivity index (χ2v) is 2.33. The number of carboxylic acids is 1. The van der Waals surface area contributed by atoms with Crippen LogP contribution in [-0.2, 0) is 9.63 Å². The maximum Gasteiger partial charge on any atom is 0.332 e. The minimum atomic E-state index is -1.06. The molecule has 5 nitrogen and oxygen atoms in total. The molecule has 0 saturated carbocycles. The van der Waals surface area contributed by atoms with Crippen molar-refractivity contribution in [2.45, 2.75) is 0 Å². The molecule has 13 heavy (non-hydrogen) atoms. The lowest BCUT2D eigenvalue weighted by atomic mass is 10.3. The number of hydrogen-bond acceptors (Lipinski definition) is 4. The lowest BCUT2D eigenvalue weighted by Crippen LogP contribution is -2.33. The van der Waals surface area contributed by atoms with Crippen LogP contribution in [0.2, 0.25) is 0 Å². The molecule has 0 aliphatic rings. The van der Waals surface area contributed by atoms with E-state index in [2.05, 4.69) is 0 Å². The summed E-state index contributed by atoms with van der Waals surface area (Å²) in [5, 5.41) is 9.23. The molecule has 0 aliphatic carbocycles. The number of hydrazine groups is 1. The first-order chi connectivity index (χ1) is 6.20. The van der Waals surface area contributed by atoms with Crippen molar-refractivity contribution in [2.75, 3.05) is 11.8 Å². The molecule has 0 aromatic heterocycles. The van der Waals surface area contributed by atoms with E-state index >= 15 is 0 Å². The highest BCUT2D eigenvalue weighted by Crippen LogP contribution is 2.08. The summed E-state index contributed by atoms with van der Waals surface area (Å²) < 4.78 is 0. The summed E-state index contributed by atoms with van der Waals surface area (Å²) in [7, 11) is 0. The van der Waals surface area contributed by atoms with Crippen LogP contribution in [0.25, 0.3) is 0 Å². The molecule has 70 valence electrons. The third-order valence-corrected chi connectivity index (χ3v) is 1.34. The maximum absolute atomic E-state index is 10.1. The summed E-state index contributed by atoms with van der Waals surface area (Å²) in [6.07, 6.45) is 0. The van der Waals surface area contributed by atoms with Crippen molar-refractivity contribution in [1.82, 2.24) is 0 Å². The van der Waals surface area contributed by atoms with Gasteiger partial charge in [-0.05, 0) is 12.1 Å². The molecule has 0 heterocycles. The van der Waals surface area contributed by atoms with Crippen LogP contribution in [0.1, 0.15) is 0 Å². The van der Waals surface area contributed by atoms with Crippen LogP contribution >= 0.6 is 0 Å². The molecule has 1 rings (SSSR count). The van der Waals surface area contributed by atoms with E-state index in [1.807, 2.05) is 6.07 Å². The van der Waals surface area contributed by atoms with E-state index in [1.54, 1.807) is 24.3 Å². The smallest absolute Gasteiger partial charge is 0.332 e. The molecular weight excluding hydrogens is 172 g/mol. The van der Waals surface area contributed by atoms with Gasteiger partial charge in [-0.2, -0.15) is 5.17 Å². The molecule has 1 aromatic rings. The van der Waals surface area contributed by atoms with Gasteiger partial charge in [0.1, 0.15) is 0 Å². The molecule has 0 saturated heterocycles. The van der Waals surface area contributed by atoms with Gasteiger partial charge in [0.15, 0.2) is 6.61 Å². The first-order valence-electron chi connectivity index (χ1n) is 3.65. The minimum absolute atomic E-state index is 0.453. The van der Waals surface area contributed by atoms with E-state index in [4.69, 9.17) is 15.8 Å². The van der Waals surface area contributed by atoms with Crippen molar-refractivity contribution < 1.29 is 14.7 Å². The van der Waals surface area contributed by atoms with Gasteiger partial charge in [0, 0.05) is 0 Å². The van der Waals surface area contributed by atoms with E-state index in [0.717, 1.165) is 5.17 Å². The fourth-order valence-electron chi connectivity index (χ4n) is 0.774. The van der Waals surface area contributed by atoms with Crippen LogP contribution < -0.4 is 11.0 Å². The largest absolute Gasteiger partial charge is 0.479 e. The van der Waals surface area contributed by atoms with Gasteiger partial charge in [-0.15, -0.1) is 0 Å². The Hall–Kier alpha value is -1.59. The van der Waals surface area contributed by atoms with Crippen LogP contribution in [0.3, 0.4) is 0 Å². The van der Waals surface area contributed by atoms with E-state index < -0.39 is 12.6 Å². The van der Waals surface area contributed by atoms with Crippen molar-refractivity contribution >= 4 is 11.7 Å². The zero-order valence-corrected chi connectivity index (χ0v) is 6.88. The number of benzene rings is 1. The van der Waals surface area contributed by atoms with Gasteiger partial charge in [-0.3, -0.25) is 0 Å². The van der Waals surface area contributed by atoms with Crippen molar-refractivity contribution in [1.29, 1.82) is 0 Å². The van der Waals surface area contributed by atoms with Crippen LogP contribution in [0.5, 0.6) is 0 Å². The number of hydrogen-bond donors (Lipinski definition) is 2. The van der Waals surface area contributed by atoms with E-state index in [0.29, 0.717) is 5.69 Å². The molecule has 3 N–H and O–H groups in total. The Balaban J connectivity index is 2.49. The lowest BCUT2D eigenvalue weighted by Gasteiger charge is -2.15. The Morgan fingerprint density at radius 2 is 2.08 bits per heavy atom. The third kappa shape index (κ3) is 3.10. The second kappa shape index (κ2) is 4.44. The molecule has 5 heteroatoms. The molecule has 1 aromatic carbocycles. The first kappa shape index (κ1) is 9.50. The van der Waals surface area contributed by atoms with E-state index in [-0.39, 0.29) is 0 Å². The average Bonchev–Trinajstić information content (AvgIpc) is 2.15. The summed E-state index contributed by atoms with van der Waals surface area (Å²) in [6.45, 7) is -0.453. The zero-order valence-electron chi connectivity index (χ0n) is 6.88. The van der Waals surface area contributed by atoms with Crippen molar-refractivity contribution in [3.8, 4) is 0 Å². The fraction of sp³-hybridized carbons (Fsp3) is 0.125. The topological polar surface area (TPSA) is 75.8 Å². The lowest BCUT2D eigenvalue weighted by molar-refractivity contribution is -0.142. The molecule has 0 bridgehead atoms. The summed E-state index contributed by atoms with van der Waals surface area (Å²) in [6, 6.07) is 8.80. The van der Waals surface area contributed by atoms with Crippen LogP contribution in [0, 0.1) is 0 Å². The fourth-order valence-corrected chi connectivity index (χ4v) is 0.774. The van der Waals surface area contributed by atoms with E-state index in [1.165, 1.54) is 0 Å². The maximum atomic E-state index is 10.1. The molecular formula is C8H10N2O3. The molecule has 0 atom stereocenters. The van der Waals surface area contributed by atoms with Gasteiger partial charge in [0.2, 0.25) is 0 Å². The number of para-hydroxylation sites is 1. The number of nitrogens with zero attached hydrogens (tertiary/aromatic N) is 1. The van der Waals surface area contributed by atoms with Gasteiger partial charge in [0.25, 0.3) is 0 Å². The Bertz CT molecular complexity index is 276. The third-order valence-electron chi connectivity index (χ3n) is 1.34. The van der Waals surface area contributed by atoms with Gasteiger partial charge < -0.3 is 5.11 Å². The normalized spacial score (nSPS) is 9.62. The number of anilines is 1. The summed E-state index contributed by atoms with van der Waals surface area (Å²) in [4.78, 5) is 14.8. The molecule has 0 aliphatic heterocycles. The Kier molecular flexibility index (Phi) is 3.24. The molecule has 0 spiro atoms. The standard InChI is InChI=1S/C8H10N2O3/c9-10(13-6-8(11)12)7-4-2-1-3-5-7/h1-5H,6,9H2,(H,11,12). The predicted molar refractivity (Wildman–Crippen MR) is 46.7 cm³/mol. The number of carboxylic acid groups (broad SMARTS) is 1. The van der Waals surface area contributed by atoms with Gasteiger partial charge in [0.05, 0.1) is 5.69 Å². The van der Waals surface area contributed by atoms with Crippen LogP contribution in [0.15, 0.2) is 30.3 Å². The molecule has 0 radical (unpaired) electrons. The van der Waals surface area contributed by atoms with Crippen LogP contribution in [-0.4, -0.2) is 17.7 Å². The molecule has 0 fully saturated rings. The average molecular weight is 182 g/mol. The van der Waals surface area contributed by atoms with Crippen molar-refractivity contribution in [3.05, 3.63) is 30.3 Å². The quantitative estimate of drug-likeness (QED) is 0.520. The number of carbonyl (C=O) groups is 1. The van der Waals surface area contributed by atoms with Gasteiger partial charge >= 0.3 is 5.97 Å². The van der Waals surface area contributed by atoms with Crippen LogP contribution in [0.4, 0.5) is 5.69 Å². The highest BCUT2D eigenvalue weighted by Gasteiger charge is 2.03. The number of aliphatic carboxylic acids is 1. The van der Waals surface area contributed by atoms with Gasteiger partial charge in [-0.25, -0.2) is 15.5 Å². The summed E-state index contributed by atoms with van der Waals surface area (Å²) in [5.74, 6) is 4.33. The highest BCUT2D eigenvalue weighted by atomic mass is 16.7. The zero-order chi connectivity index (χ0) is 9.68. The monoisotopic (exact) mass is 182 g/mol. The SMILES string of the molecule is NN(OCC(=O)O)c1ccccc1. The molecule has 0 unspecified atom stereocenters. The Morgan fingerprint density at radius 1 is 1.46 bits per heavy atom. The van der Waals surface area contributed by atoms with Gasteiger partial charge in [-0.1, -0.05) is 18.2 Å². The Morgan fingerprint density at radius 3 is 2.62 bits per heavy atom. The summed E-state index contributed by atoms with van der Waals surface area (Å²) in [5.41, 5.74) is 0.601. The summed E-state index contributed by atoms with van der Waals surface area (Å²) >= 11 is 0.